The summed E-state index contributed by atoms with van der Waals surface area (Å²) in [6.45, 7) is 1.48. The summed E-state index contributed by atoms with van der Waals surface area (Å²) in [5.41, 5.74) is 0. The lowest BCUT2D eigenvalue weighted by molar-refractivity contribution is 0.429. The Labute approximate surface area is 89.6 Å². The van der Waals surface area contributed by atoms with Crippen LogP contribution in [0.3, 0.4) is 0 Å². The maximum absolute atomic E-state index is 11.9. The molecule has 1 aromatic carbocycles. The first-order valence-corrected chi connectivity index (χ1v) is 5.85. The molecule has 0 spiro atoms. The van der Waals surface area contributed by atoms with Crippen molar-refractivity contribution in [3.63, 3.8) is 0 Å². The third-order valence-electron chi connectivity index (χ3n) is 2.14. The third kappa shape index (κ3) is 2.43. The highest BCUT2D eigenvalue weighted by molar-refractivity contribution is 7.89. The van der Waals surface area contributed by atoms with Gasteiger partial charge in [-0.1, -0.05) is 18.2 Å². The molecule has 4 nitrogen and oxygen atoms in total. The van der Waals surface area contributed by atoms with Crippen LogP contribution in [0.25, 0.3) is 0 Å². The minimum atomic E-state index is -3.58. The van der Waals surface area contributed by atoms with Crippen molar-refractivity contribution in [1.29, 1.82) is 0 Å². The lowest BCUT2D eigenvalue weighted by atomic mass is 10.4. The highest BCUT2D eigenvalue weighted by Gasteiger charge is 2.24. The van der Waals surface area contributed by atoms with Crippen molar-refractivity contribution in [1.82, 2.24) is 4.31 Å². The Bertz CT molecular complexity index is 427. The van der Waals surface area contributed by atoms with E-state index in [0.29, 0.717) is 0 Å². The van der Waals surface area contributed by atoms with Gasteiger partial charge in [-0.25, -0.2) is 8.42 Å². The van der Waals surface area contributed by atoms with Crippen LogP contribution in [0.2, 0.25) is 0 Å². The molecule has 0 aliphatic carbocycles. The van der Waals surface area contributed by atoms with Crippen LogP contribution in [-0.2, 0) is 14.8 Å². The molecule has 0 amide bonds. The fourth-order valence-electron chi connectivity index (χ4n) is 1.04. The van der Waals surface area contributed by atoms with Gasteiger partial charge in [0.15, 0.2) is 0 Å². The van der Waals surface area contributed by atoms with Crippen molar-refractivity contribution in [2.45, 2.75) is 17.9 Å². The average molecular weight is 226 g/mol. The zero-order valence-corrected chi connectivity index (χ0v) is 9.36. The zero-order valence-electron chi connectivity index (χ0n) is 8.54. The van der Waals surface area contributed by atoms with E-state index in [1.807, 2.05) is 0 Å². The number of rotatable bonds is 4. The quantitative estimate of drug-likeness (QED) is 0.763. The largest absolute Gasteiger partial charge is 0.289 e. The van der Waals surface area contributed by atoms with Gasteiger partial charge >= 0.3 is 0 Å². The van der Waals surface area contributed by atoms with E-state index in [2.05, 4.69) is 0 Å². The van der Waals surface area contributed by atoms with E-state index in [1.165, 1.54) is 26.1 Å². The summed E-state index contributed by atoms with van der Waals surface area (Å²) < 4.78 is 24.8. The summed E-state index contributed by atoms with van der Waals surface area (Å²) in [5, 5.41) is 0. The number of hydrogen-bond acceptors (Lipinski definition) is 3. The molecule has 81 valence electrons. The summed E-state index contributed by atoms with van der Waals surface area (Å²) in [6, 6.07) is 7.20. The molecule has 1 radical (unpaired) electrons. The minimum Gasteiger partial charge on any atom is -0.289 e. The number of sulfonamides is 1. The van der Waals surface area contributed by atoms with Gasteiger partial charge < -0.3 is 0 Å². The molecule has 0 aliphatic rings. The Balaban J connectivity index is 3.09. The van der Waals surface area contributed by atoms with Gasteiger partial charge in [-0.2, -0.15) is 4.31 Å². The molecule has 0 bridgehead atoms. The Morgan fingerprint density at radius 3 is 2.27 bits per heavy atom. The monoisotopic (exact) mass is 226 g/mol. The second kappa shape index (κ2) is 4.55. The molecular weight excluding hydrogens is 214 g/mol. The summed E-state index contributed by atoms with van der Waals surface area (Å²) >= 11 is 0. The predicted molar refractivity (Wildman–Crippen MR) is 56.5 cm³/mol. The second-order valence-electron chi connectivity index (χ2n) is 3.13. The SMILES string of the molecule is C[C@@H]([C]=O)N(C)S(=O)(=O)c1ccccc1. The van der Waals surface area contributed by atoms with Crippen molar-refractivity contribution in [2.75, 3.05) is 7.05 Å². The number of benzene rings is 1. The van der Waals surface area contributed by atoms with E-state index < -0.39 is 16.1 Å². The normalized spacial score (nSPS) is 13.8. The molecule has 5 heteroatoms. The van der Waals surface area contributed by atoms with E-state index in [1.54, 1.807) is 24.5 Å². The lowest BCUT2D eigenvalue weighted by Gasteiger charge is -2.19. The van der Waals surface area contributed by atoms with Crippen molar-refractivity contribution in [3.05, 3.63) is 30.3 Å². The maximum atomic E-state index is 11.9. The number of nitrogens with zero attached hydrogens (tertiary/aromatic N) is 1. The van der Waals surface area contributed by atoms with Crippen LogP contribution in [0.5, 0.6) is 0 Å². The van der Waals surface area contributed by atoms with Crippen LogP contribution in [0.4, 0.5) is 0 Å². The van der Waals surface area contributed by atoms with E-state index in [-0.39, 0.29) is 4.90 Å². The molecule has 1 aromatic rings. The average Bonchev–Trinajstić information content (AvgIpc) is 2.28. The Kier molecular flexibility index (Phi) is 3.60. The van der Waals surface area contributed by atoms with Gasteiger partial charge in [0, 0.05) is 7.05 Å². The standard InChI is InChI=1S/C10H12NO3S/c1-9(8-12)11(2)15(13,14)10-6-4-3-5-7-10/h3-7,9H,1-2H3/t9-/m0/s1. The molecule has 0 saturated heterocycles. The van der Waals surface area contributed by atoms with Crippen molar-refractivity contribution < 1.29 is 13.2 Å². The molecule has 1 rings (SSSR count). The van der Waals surface area contributed by atoms with Gasteiger partial charge in [0.25, 0.3) is 0 Å². The molecule has 0 aliphatic heterocycles. The smallest absolute Gasteiger partial charge is 0.243 e. The minimum absolute atomic E-state index is 0.176. The first-order chi connectivity index (χ1) is 7.00. The van der Waals surface area contributed by atoms with Crippen molar-refractivity contribution in [3.8, 4) is 0 Å². The number of likely N-dealkylation sites (N-methyl/N-ethyl adjacent to an activating group) is 1. The van der Waals surface area contributed by atoms with Gasteiger partial charge in [-0.15, -0.1) is 0 Å². The zero-order chi connectivity index (χ0) is 11.5. The predicted octanol–water partition coefficient (Wildman–Crippen LogP) is 0.805. The number of carbonyl (C=O) groups excluding carboxylic acids is 1. The van der Waals surface area contributed by atoms with Crippen molar-refractivity contribution in [2.24, 2.45) is 0 Å². The van der Waals surface area contributed by atoms with E-state index >= 15 is 0 Å². The van der Waals surface area contributed by atoms with Crippen molar-refractivity contribution >= 4 is 16.3 Å². The van der Waals surface area contributed by atoms with Gasteiger partial charge in [0.05, 0.1) is 10.9 Å². The van der Waals surface area contributed by atoms with Crippen LogP contribution in [-0.4, -0.2) is 32.1 Å². The maximum Gasteiger partial charge on any atom is 0.243 e. The Hall–Kier alpha value is -1.20. The first kappa shape index (κ1) is 11.9. The third-order valence-corrected chi connectivity index (χ3v) is 4.08. The van der Waals surface area contributed by atoms with Gasteiger partial charge in [-0.3, -0.25) is 4.79 Å². The molecule has 0 saturated carbocycles. The van der Waals surface area contributed by atoms with Crippen LogP contribution in [0, 0.1) is 0 Å². The Morgan fingerprint density at radius 1 is 1.27 bits per heavy atom. The summed E-state index contributed by atoms with van der Waals surface area (Å²) in [6.07, 6.45) is 1.64. The lowest BCUT2D eigenvalue weighted by Crippen LogP contribution is -2.35. The topological polar surface area (TPSA) is 54.5 Å². The molecular formula is C10H12NO3S. The summed E-state index contributed by atoms with van der Waals surface area (Å²) in [7, 11) is -2.22. The summed E-state index contributed by atoms with van der Waals surface area (Å²) in [4.78, 5) is 10.6. The number of hydrogen-bond donors (Lipinski definition) is 0. The Morgan fingerprint density at radius 2 is 1.80 bits per heavy atom. The van der Waals surface area contributed by atoms with Crippen LogP contribution in [0.1, 0.15) is 6.92 Å². The highest BCUT2D eigenvalue weighted by atomic mass is 32.2. The molecule has 1 atom stereocenters. The molecule has 0 unspecified atom stereocenters. The van der Waals surface area contributed by atoms with E-state index in [0.717, 1.165) is 4.31 Å². The van der Waals surface area contributed by atoms with Gasteiger partial charge in [0.1, 0.15) is 0 Å². The second-order valence-corrected chi connectivity index (χ2v) is 5.13. The molecule has 0 N–H and O–H groups in total. The van der Waals surface area contributed by atoms with Crippen LogP contribution in [0.15, 0.2) is 35.2 Å². The molecule has 15 heavy (non-hydrogen) atoms. The van der Waals surface area contributed by atoms with Crippen LogP contribution >= 0.6 is 0 Å². The van der Waals surface area contributed by atoms with Gasteiger partial charge in [0.2, 0.25) is 16.3 Å². The van der Waals surface area contributed by atoms with E-state index in [9.17, 15) is 13.2 Å². The van der Waals surface area contributed by atoms with E-state index in [4.69, 9.17) is 0 Å². The van der Waals surface area contributed by atoms with Gasteiger partial charge in [-0.05, 0) is 19.1 Å². The fourth-order valence-corrected chi connectivity index (χ4v) is 2.33. The molecule has 0 aromatic heterocycles. The fraction of sp³-hybridized carbons (Fsp3) is 0.300. The summed E-state index contributed by atoms with van der Waals surface area (Å²) in [5.74, 6) is 0. The molecule has 0 heterocycles. The first-order valence-electron chi connectivity index (χ1n) is 4.41. The molecule has 0 fully saturated rings. The van der Waals surface area contributed by atoms with Crippen LogP contribution < -0.4 is 0 Å². The highest BCUT2D eigenvalue weighted by Crippen LogP contribution is 2.14.